The summed E-state index contributed by atoms with van der Waals surface area (Å²) in [4.78, 5) is 2.32. The normalized spacial score (nSPS) is 10.9. The number of hydrazone groups is 1. The van der Waals surface area contributed by atoms with E-state index in [1.807, 2.05) is 48.6 Å². The average Bonchev–Trinajstić information content (AvgIpc) is 2.81. The number of anilines is 4. The minimum Gasteiger partial charge on any atom is -0.310 e. The van der Waals surface area contributed by atoms with Gasteiger partial charge in [-0.1, -0.05) is 66.7 Å². The summed E-state index contributed by atoms with van der Waals surface area (Å²) in [6, 6.07) is 35.7. The molecule has 3 heteroatoms. The first-order valence-electron chi connectivity index (χ1n) is 10.5. The predicted molar refractivity (Wildman–Crippen MR) is 133 cm³/mol. The molecule has 0 N–H and O–H groups in total. The minimum absolute atomic E-state index is 1.06. The van der Waals surface area contributed by atoms with E-state index in [9.17, 15) is 0 Å². The molecule has 0 unspecified atom stereocenters. The smallest absolute Gasteiger partial charge is 0.0590 e. The van der Waals surface area contributed by atoms with Gasteiger partial charge in [-0.3, -0.25) is 5.01 Å². The van der Waals surface area contributed by atoms with Crippen LogP contribution in [0, 0.1) is 13.8 Å². The molecule has 0 aliphatic carbocycles. The lowest BCUT2D eigenvalue weighted by Gasteiger charge is -2.28. The van der Waals surface area contributed by atoms with Crippen molar-refractivity contribution in [2.24, 2.45) is 5.10 Å². The lowest BCUT2D eigenvalue weighted by Crippen LogP contribution is -2.12. The highest BCUT2D eigenvalue weighted by Gasteiger charge is 2.15. The van der Waals surface area contributed by atoms with Gasteiger partial charge in [-0.15, -0.1) is 0 Å². The Morgan fingerprint density at radius 1 is 0.581 bits per heavy atom. The molecule has 4 aromatic rings. The lowest BCUT2D eigenvalue weighted by molar-refractivity contribution is 1.02. The molecule has 0 bridgehead atoms. The van der Waals surface area contributed by atoms with Crippen molar-refractivity contribution >= 4 is 29.0 Å². The standard InChI is InChI=1S/C28H27N3/c1-22-11-7-9-15-27(22)31(28-16-10-8-12-23(28)2)26-19-17-24(18-20-26)21-29-30(3)25-13-5-4-6-14-25/h4-21H,1-3H3. The maximum absolute atomic E-state index is 4.58. The third-order valence-electron chi connectivity index (χ3n) is 5.37. The Bertz CT molecular complexity index is 1120. The van der Waals surface area contributed by atoms with E-state index in [4.69, 9.17) is 0 Å². The van der Waals surface area contributed by atoms with Crippen molar-refractivity contribution in [1.82, 2.24) is 0 Å². The molecule has 0 aliphatic heterocycles. The van der Waals surface area contributed by atoms with Crippen LogP contribution in [0.4, 0.5) is 22.7 Å². The minimum atomic E-state index is 1.06. The Morgan fingerprint density at radius 3 is 1.65 bits per heavy atom. The summed E-state index contributed by atoms with van der Waals surface area (Å²) in [6.45, 7) is 4.31. The molecule has 0 heterocycles. The summed E-state index contributed by atoms with van der Waals surface area (Å²) in [6.07, 6.45) is 1.89. The summed E-state index contributed by atoms with van der Waals surface area (Å²) in [5, 5.41) is 6.45. The van der Waals surface area contributed by atoms with E-state index in [1.165, 1.54) is 22.5 Å². The topological polar surface area (TPSA) is 18.8 Å². The number of nitrogens with zero attached hydrogens (tertiary/aromatic N) is 3. The van der Waals surface area contributed by atoms with Gasteiger partial charge in [-0.05, 0) is 66.9 Å². The first-order chi connectivity index (χ1) is 15.1. The highest BCUT2D eigenvalue weighted by molar-refractivity contribution is 5.84. The van der Waals surface area contributed by atoms with E-state index in [0.717, 1.165) is 16.9 Å². The van der Waals surface area contributed by atoms with E-state index in [2.05, 4.69) is 96.6 Å². The zero-order valence-electron chi connectivity index (χ0n) is 18.2. The third kappa shape index (κ3) is 4.67. The number of aryl methyl sites for hydroxylation is 2. The van der Waals surface area contributed by atoms with Crippen molar-refractivity contribution < 1.29 is 0 Å². The van der Waals surface area contributed by atoms with E-state index < -0.39 is 0 Å². The monoisotopic (exact) mass is 405 g/mol. The summed E-state index contributed by atoms with van der Waals surface area (Å²) in [7, 11) is 1.96. The van der Waals surface area contributed by atoms with Crippen molar-refractivity contribution in [3.8, 4) is 0 Å². The van der Waals surface area contributed by atoms with E-state index in [-0.39, 0.29) is 0 Å². The van der Waals surface area contributed by atoms with Crippen LogP contribution < -0.4 is 9.91 Å². The van der Waals surface area contributed by atoms with E-state index in [0.29, 0.717) is 0 Å². The Balaban J connectivity index is 1.65. The molecule has 4 aromatic carbocycles. The van der Waals surface area contributed by atoms with Gasteiger partial charge in [0.15, 0.2) is 0 Å². The Labute approximate surface area is 184 Å². The van der Waals surface area contributed by atoms with Crippen LogP contribution in [-0.4, -0.2) is 13.3 Å². The van der Waals surface area contributed by atoms with Crippen molar-refractivity contribution in [2.75, 3.05) is 17.0 Å². The summed E-state index contributed by atoms with van der Waals surface area (Å²) in [5.74, 6) is 0. The number of benzene rings is 4. The highest BCUT2D eigenvalue weighted by Crippen LogP contribution is 2.37. The quantitative estimate of drug-likeness (QED) is 0.249. The van der Waals surface area contributed by atoms with Crippen LogP contribution in [0.2, 0.25) is 0 Å². The molecule has 0 radical (unpaired) electrons. The fourth-order valence-corrected chi connectivity index (χ4v) is 3.61. The van der Waals surface area contributed by atoms with Gasteiger partial charge in [0.2, 0.25) is 0 Å². The van der Waals surface area contributed by atoms with Crippen LogP contribution in [0.25, 0.3) is 0 Å². The Hall–Kier alpha value is -3.85. The van der Waals surface area contributed by atoms with Gasteiger partial charge in [0.25, 0.3) is 0 Å². The van der Waals surface area contributed by atoms with Crippen molar-refractivity contribution in [3.63, 3.8) is 0 Å². The highest BCUT2D eigenvalue weighted by atomic mass is 15.4. The molecule has 31 heavy (non-hydrogen) atoms. The maximum Gasteiger partial charge on any atom is 0.0590 e. The first-order valence-corrected chi connectivity index (χ1v) is 10.5. The van der Waals surface area contributed by atoms with Crippen LogP contribution in [0.1, 0.15) is 16.7 Å². The number of hydrogen-bond acceptors (Lipinski definition) is 3. The summed E-state index contributed by atoms with van der Waals surface area (Å²) < 4.78 is 0. The fraction of sp³-hybridized carbons (Fsp3) is 0.107. The summed E-state index contributed by atoms with van der Waals surface area (Å²) in [5.41, 5.74) is 8.07. The van der Waals surface area contributed by atoms with Crippen molar-refractivity contribution in [3.05, 3.63) is 120 Å². The molecule has 4 rings (SSSR count). The van der Waals surface area contributed by atoms with Crippen LogP contribution in [0.3, 0.4) is 0 Å². The van der Waals surface area contributed by atoms with Gasteiger partial charge in [0.05, 0.1) is 11.9 Å². The van der Waals surface area contributed by atoms with Crippen LogP contribution in [0.5, 0.6) is 0 Å². The van der Waals surface area contributed by atoms with Crippen LogP contribution in [-0.2, 0) is 0 Å². The largest absolute Gasteiger partial charge is 0.310 e. The van der Waals surface area contributed by atoms with Crippen molar-refractivity contribution in [2.45, 2.75) is 13.8 Å². The summed E-state index contributed by atoms with van der Waals surface area (Å²) >= 11 is 0. The molecular formula is C28H27N3. The Kier molecular flexibility index (Phi) is 6.13. The van der Waals surface area contributed by atoms with Crippen molar-refractivity contribution in [1.29, 1.82) is 0 Å². The molecule has 0 aromatic heterocycles. The number of para-hydroxylation sites is 3. The first kappa shape index (κ1) is 20.4. The molecule has 0 atom stereocenters. The SMILES string of the molecule is Cc1ccccc1N(c1ccc(C=NN(C)c2ccccc2)cc1)c1ccccc1C. The predicted octanol–water partition coefficient (Wildman–Crippen LogP) is 7.24. The molecular weight excluding hydrogens is 378 g/mol. The van der Waals surface area contributed by atoms with Gasteiger partial charge in [-0.2, -0.15) is 5.10 Å². The maximum atomic E-state index is 4.58. The van der Waals surface area contributed by atoms with Gasteiger partial charge in [0, 0.05) is 24.1 Å². The molecule has 0 aliphatic rings. The molecule has 154 valence electrons. The van der Waals surface area contributed by atoms with Gasteiger partial charge in [-0.25, -0.2) is 0 Å². The number of hydrogen-bond donors (Lipinski definition) is 0. The average molecular weight is 406 g/mol. The third-order valence-corrected chi connectivity index (χ3v) is 5.37. The van der Waals surface area contributed by atoms with E-state index >= 15 is 0 Å². The molecule has 3 nitrogen and oxygen atoms in total. The van der Waals surface area contributed by atoms with E-state index in [1.54, 1.807) is 0 Å². The zero-order chi connectivity index (χ0) is 21.6. The zero-order valence-corrected chi connectivity index (χ0v) is 18.2. The second kappa shape index (κ2) is 9.31. The van der Waals surface area contributed by atoms with Gasteiger partial charge in [0.1, 0.15) is 0 Å². The van der Waals surface area contributed by atoms with Gasteiger partial charge < -0.3 is 4.90 Å². The second-order valence-corrected chi connectivity index (χ2v) is 7.60. The Morgan fingerprint density at radius 2 is 1.10 bits per heavy atom. The fourth-order valence-electron chi connectivity index (χ4n) is 3.61. The molecule has 0 amide bonds. The number of rotatable bonds is 6. The molecule has 0 fully saturated rings. The molecule has 0 saturated heterocycles. The molecule has 0 spiro atoms. The lowest BCUT2D eigenvalue weighted by atomic mass is 10.1. The van der Waals surface area contributed by atoms with Gasteiger partial charge >= 0.3 is 0 Å². The second-order valence-electron chi connectivity index (χ2n) is 7.60. The van der Waals surface area contributed by atoms with Crippen LogP contribution in [0.15, 0.2) is 108 Å². The van der Waals surface area contributed by atoms with Crippen LogP contribution >= 0.6 is 0 Å². The molecule has 0 saturated carbocycles.